The Hall–Kier alpha value is -1.30. The van der Waals surface area contributed by atoms with Gasteiger partial charge in [-0.2, -0.15) is 0 Å². The standard InChI is InChI=1S/C18H26ClN3O2/c1-24-17-3-2-16(19)12-15(17)13-21-8-10-22(11-9-21)18(23)14-4-6-20-7-5-14/h2-3,12,14,20H,4-11,13H2,1H3. The zero-order valence-corrected chi connectivity index (χ0v) is 15.0. The molecule has 2 aliphatic heterocycles. The lowest BCUT2D eigenvalue weighted by molar-refractivity contribution is -0.138. The molecular formula is C18H26ClN3O2. The number of halogens is 1. The van der Waals surface area contributed by atoms with E-state index in [2.05, 4.69) is 10.2 Å². The van der Waals surface area contributed by atoms with E-state index in [-0.39, 0.29) is 5.92 Å². The molecule has 3 rings (SSSR count). The minimum Gasteiger partial charge on any atom is -0.496 e. The summed E-state index contributed by atoms with van der Waals surface area (Å²) in [6.07, 6.45) is 1.94. The first-order chi connectivity index (χ1) is 11.7. The third kappa shape index (κ3) is 4.21. The summed E-state index contributed by atoms with van der Waals surface area (Å²) in [4.78, 5) is 17.0. The molecule has 1 aromatic rings. The Morgan fingerprint density at radius 2 is 1.96 bits per heavy atom. The van der Waals surface area contributed by atoms with E-state index in [4.69, 9.17) is 16.3 Å². The predicted octanol–water partition coefficient (Wildman–Crippen LogP) is 1.99. The molecule has 2 fully saturated rings. The third-order valence-electron chi connectivity index (χ3n) is 5.01. The smallest absolute Gasteiger partial charge is 0.225 e. The second-order valence-electron chi connectivity index (χ2n) is 6.58. The van der Waals surface area contributed by atoms with Crippen molar-refractivity contribution >= 4 is 17.5 Å². The topological polar surface area (TPSA) is 44.8 Å². The lowest BCUT2D eigenvalue weighted by Gasteiger charge is -2.37. The van der Waals surface area contributed by atoms with E-state index in [1.165, 1.54) is 0 Å². The van der Waals surface area contributed by atoms with Crippen LogP contribution in [-0.4, -0.2) is 62.1 Å². The minimum atomic E-state index is 0.214. The average Bonchev–Trinajstić information content (AvgIpc) is 2.63. The van der Waals surface area contributed by atoms with Gasteiger partial charge in [-0.25, -0.2) is 0 Å². The Balaban J connectivity index is 1.53. The van der Waals surface area contributed by atoms with Crippen molar-refractivity contribution < 1.29 is 9.53 Å². The van der Waals surface area contributed by atoms with Crippen LogP contribution in [0.5, 0.6) is 5.75 Å². The Morgan fingerprint density at radius 3 is 2.62 bits per heavy atom. The zero-order chi connectivity index (χ0) is 16.9. The van der Waals surface area contributed by atoms with Gasteiger partial charge < -0.3 is 15.0 Å². The molecule has 0 unspecified atom stereocenters. The molecule has 1 aromatic carbocycles. The predicted molar refractivity (Wildman–Crippen MR) is 95.5 cm³/mol. The van der Waals surface area contributed by atoms with Crippen LogP contribution in [0.1, 0.15) is 18.4 Å². The fourth-order valence-corrected chi connectivity index (χ4v) is 3.76. The van der Waals surface area contributed by atoms with Gasteiger partial charge in [0.15, 0.2) is 0 Å². The summed E-state index contributed by atoms with van der Waals surface area (Å²) in [6, 6.07) is 5.72. The Kier molecular flexibility index (Phi) is 5.98. The SMILES string of the molecule is COc1ccc(Cl)cc1CN1CCN(C(=O)C2CCNCC2)CC1. The van der Waals surface area contributed by atoms with Crippen molar-refractivity contribution in [2.75, 3.05) is 46.4 Å². The van der Waals surface area contributed by atoms with Gasteiger partial charge in [-0.15, -0.1) is 0 Å². The molecule has 0 aliphatic carbocycles. The van der Waals surface area contributed by atoms with Gasteiger partial charge in [0, 0.05) is 49.2 Å². The number of amides is 1. The van der Waals surface area contributed by atoms with Crippen LogP contribution >= 0.6 is 11.6 Å². The molecule has 0 atom stereocenters. The van der Waals surface area contributed by atoms with Crippen LogP contribution in [0.4, 0.5) is 0 Å². The van der Waals surface area contributed by atoms with E-state index in [0.29, 0.717) is 5.91 Å². The molecule has 0 saturated carbocycles. The van der Waals surface area contributed by atoms with Gasteiger partial charge in [0.05, 0.1) is 7.11 Å². The minimum absolute atomic E-state index is 0.214. The number of rotatable bonds is 4. The summed E-state index contributed by atoms with van der Waals surface area (Å²) in [7, 11) is 1.68. The van der Waals surface area contributed by atoms with E-state index >= 15 is 0 Å². The van der Waals surface area contributed by atoms with E-state index in [1.807, 2.05) is 23.1 Å². The first-order valence-corrected chi connectivity index (χ1v) is 9.09. The fraction of sp³-hybridized carbons (Fsp3) is 0.611. The number of hydrogen-bond donors (Lipinski definition) is 1. The Morgan fingerprint density at radius 1 is 1.25 bits per heavy atom. The molecule has 2 heterocycles. The van der Waals surface area contributed by atoms with Gasteiger partial charge in [-0.3, -0.25) is 9.69 Å². The van der Waals surface area contributed by atoms with E-state index in [0.717, 1.165) is 75.0 Å². The molecule has 24 heavy (non-hydrogen) atoms. The highest BCUT2D eigenvalue weighted by molar-refractivity contribution is 6.30. The van der Waals surface area contributed by atoms with E-state index in [9.17, 15) is 4.79 Å². The Bertz CT molecular complexity index is 567. The normalized spacial score (nSPS) is 20.2. The largest absolute Gasteiger partial charge is 0.496 e. The zero-order valence-electron chi connectivity index (χ0n) is 14.3. The number of methoxy groups -OCH3 is 1. The monoisotopic (exact) mass is 351 g/mol. The van der Waals surface area contributed by atoms with Crippen LogP contribution in [-0.2, 0) is 11.3 Å². The van der Waals surface area contributed by atoms with Crippen LogP contribution in [0.15, 0.2) is 18.2 Å². The van der Waals surface area contributed by atoms with Crippen molar-refractivity contribution in [2.24, 2.45) is 5.92 Å². The van der Waals surface area contributed by atoms with Gasteiger partial charge in [0.2, 0.25) is 5.91 Å². The molecule has 0 spiro atoms. The number of hydrogen-bond acceptors (Lipinski definition) is 4. The van der Waals surface area contributed by atoms with Crippen LogP contribution in [0.3, 0.4) is 0 Å². The fourth-order valence-electron chi connectivity index (χ4n) is 3.57. The number of piperazine rings is 1. The highest BCUT2D eigenvalue weighted by Crippen LogP contribution is 2.25. The summed E-state index contributed by atoms with van der Waals surface area (Å²) in [5, 5.41) is 4.05. The van der Waals surface area contributed by atoms with Crippen molar-refractivity contribution in [1.82, 2.24) is 15.1 Å². The second-order valence-corrected chi connectivity index (χ2v) is 7.02. The van der Waals surface area contributed by atoms with Gasteiger partial charge in [-0.1, -0.05) is 11.6 Å². The lowest BCUT2D eigenvalue weighted by Crippen LogP contribution is -2.51. The van der Waals surface area contributed by atoms with Crippen LogP contribution in [0.2, 0.25) is 5.02 Å². The number of nitrogens with zero attached hydrogens (tertiary/aromatic N) is 2. The molecule has 0 bridgehead atoms. The van der Waals surface area contributed by atoms with Crippen molar-refractivity contribution in [3.05, 3.63) is 28.8 Å². The van der Waals surface area contributed by atoms with Crippen molar-refractivity contribution in [3.63, 3.8) is 0 Å². The van der Waals surface area contributed by atoms with Crippen LogP contribution in [0.25, 0.3) is 0 Å². The van der Waals surface area contributed by atoms with Gasteiger partial charge in [-0.05, 0) is 44.1 Å². The molecule has 6 heteroatoms. The maximum Gasteiger partial charge on any atom is 0.225 e. The highest BCUT2D eigenvalue weighted by atomic mass is 35.5. The molecular weight excluding hydrogens is 326 g/mol. The van der Waals surface area contributed by atoms with Crippen LogP contribution < -0.4 is 10.1 Å². The number of carbonyl (C=O) groups excluding carboxylic acids is 1. The quantitative estimate of drug-likeness (QED) is 0.901. The number of piperidine rings is 1. The molecule has 0 aromatic heterocycles. The summed E-state index contributed by atoms with van der Waals surface area (Å²) < 4.78 is 5.42. The number of nitrogens with one attached hydrogen (secondary N) is 1. The summed E-state index contributed by atoms with van der Waals surface area (Å²) >= 11 is 6.11. The first-order valence-electron chi connectivity index (χ1n) is 8.71. The van der Waals surface area contributed by atoms with Crippen molar-refractivity contribution in [2.45, 2.75) is 19.4 Å². The number of carbonyl (C=O) groups is 1. The van der Waals surface area contributed by atoms with Gasteiger partial charge >= 0.3 is 0 Å². The summed E-state index contributed by atoms with van der Waals surface area (Å²) in [5.74, 6) is 1.43. The molecule has 5 nitrogen and oxygen atoms in total. The van der Waals surface area contributed by atoms with Gasteiger partial charge in [0.25, 0.3) is 0 Å². The molecule has 1 amide bonds. The second kappa shape index (κ2) is 8.19. The highest BCUT2D eigenvalue weighted by Gasteiger charge is 2.28. The van der Waals surface area contributed by atoms with E-state index in [1.54, 1.807) is 7.11 Å². The van der Waals surface area contributed by atoms with Crippen molar-refractivity contribution in [3.8, 4) is 5.75 Å². The molecule has 2 aliphatic rings. The number of benzene rings is 1. The summed E-state index contributed by atoms with van der Waals surface area (Å²) in [6.45, 7) is 6.14. The maximum atomic E-state index is 12.6. The Labute approximate surface area is 148 Å². The molecule has 132 valence electrons. The lowest BCUT2D eigenvalue weighted by atomic mass is 9.96. The van der Waals surface area contributed by atoms with Crippen LogP contribution in [0, 0.1) is 5.92 Å². The van der Waals surface area contributed by atoms with Crippen molar-refractivity contribution in [1.29, 1.82) is 0 Å². The summed E-state index contributed by atoms with van der Waals surface area (Å²) in [5.41, 5.74) is 1.10. The number of ether oxygens (including phenoxy) is 1. The molecule has 2 saturated heterocycles. The first kappa shape index (κ1) is 17.5. The van der Waals surface area contributed by atoms with Gasteiger partial charge in [0.1, 0.15) is 5.75 Å². The third-order valence-corrected chi connectivity index (χ3v) is 5.24. The van der Waals surface area contributed by atoms with E-state index < -0.39 is 0 Å². The molecule has 0 radical (unpaired) electrons. The molecule has 1 N–H and O–H groups in total. The average molecular weight is 352 g/mol. The maximum absolute atomic E-state index is 12.6.